The van der Waals surface area contributed by atoms with Crippen LogP contribution in [0.25, 0.3) is 0 Å². The summed E-state index contributed by atoms with van der Waals surface area (Å²) >= 11 is 5.76. The number of carbonyl (C=O) groups excluding carboxylic acids is 7. The first-order valence-electron chi connectivity index (χ1n) is 21.7. The van der Waals surface area contributed by atoms with Crippen molar-refractivity contribution in [1.29, 1.82) is 0 Å². The highest BCUT2D eigenvalue weighted by molar-refractivity contribution is 6.26. The molecule has 3 N–H and O–H groups in total. The third-order valence-electron chi connectivity index (χ3n) is 13.9. The van der Waals surface area contributed by atoms with E-state index in [1.807, 2.05) is 0 Å². The van der Waals surface area contributed by atoms with E-state index in [1.165, 1.54) is 39.8 Å². The zero-order valence-electron chi connectivity index (χ0n) is 37.6. The zero-order chi connectivity index (χ0) is 48.6. The molecule has 3 fully saturated rings. The summed E-state index contributed by atoms with van der Waals surface area (Å²) < 4.78 is 36.7. The molecule has 3 aromatic carbocycles. The number of aliphatic hydroxyl groups excluding tert-OH is 1. The number of amides is 1. The van der Waals surface area contributed by atoms with Crippen LogP contribution in [0.15, 0.2) is 114 Å². The average Bonchev–Trinajstić information content (AvgIpc) is 3.29. The van der Waals surface area contributed by atoms with Gasteiger partial charge in [0, 0.05) is 49.3 Å². The maximum Gasteiger partial charge on any atom is 0.338 e. The Kier molecular flexibility index (Phi) is 13.7. The lowest BCUT2D eigenvalue weighted by atomic mass is 9.44. The predicted octanol–water partition coefficient (Wildman–Crippen LogP) is 5.04. The van der Waals surface area contributed by atoms with Crippen LogP contribution < -0.4 is 5.32 Å². The predicted molar refractivity (Wildman–Crippen MR) is 237 cm³/mol. The summed E-state index contributed by atoms with van der Waals surface area (Å²) in [7, 11) is 0. The summed E-state index contributed by atoms with van der Waals surface area (Å²) in [4.78, 5) is 98.1. The topological polar surface area (TPSA) is 227 Å². The number of fused-ring (bicyclic) bond motifs is 5. The summed E-state index contributed by atoms with van der Waals surface area (Å²) in [5.74, 6) is -8.13. The molecule has 7 rings (SSSR count). The number of benzene rings is 3. The lowest BCUT2D eigenvalue weighted by Crippen LogP contribution is -2.82. The first kappa shape index (κ1) is 48.7. The van der Waals surface area contributed by atoms with E-state index in [4.69, 9.17) is 40.0 Å². The Morgan fingerprint density at radius 3 is 1.99 bits per heavy atom. The van der Waals surface area contributed by atoms with Crippen LogP contribution in [0.4, 0.5) is 0 Å². The Balaban J connectivity index is 1.43. The molecule has 16 nitrogen and oxygen atoms in total. The molecule has 1 saturated heterocycles. The number of hydrogen-bond donors (Lipinski definition) is 3. The monoisotopic (exact) mass is 941 g/mol. The molecule has 67 heavy (non-hydrogen) atoms. The van der Waals surface area contributed by atoms with Crippen LogP contribution in [0, 0.1) is 16.7 Å². The van der Waals surface area contributed by atoms with E-state index in [2.05, 4.69) is 5.32 Å². The molecule has 3 aromatic rings. The lowest BCUT2D eigenvalue weighted by Gasteiger charge is -2.67. The van der Waals surface area contributed by atoms with E-state index < -0.39 is 119 Å². The van der Waals surface area contributed by atoms with Gasteiger partial charge in [0.15, 0.2) is 23.6 Å². The van der Waals surface area contributed by atoms with Crippen molar-refractivity contribution in [2.24, 2.45) is 16.7 Å². The summed E-state index contributed by atoms with van der Waals surface area (Å²) in [5, 5.41) is 28.5. The van der Waals surface area contributed by atoms with E-state index in [9.17, 15) is 39.0 Å². The van der Waals surface area contributed by atoms with Crippen LogP contribution in [0.1, 0.15) is 86.7 Å². The molecule has 1 amide bonds. The quantitative estimate of drug-likeness (QED) is 0.0936. The van der Waals surface area contributed by atoms with E-state index >= 15 is 4.79 Å². The van der Waals surface area contributed by atoms with Crippen molar-refractivity contribution < 1.29 is 72.2 Å². The van der Waals surface area contributed by atoms with Crippen molar-refractivity contribution in [3.05, 3.63) is 130 Å². The molecule has 354 valence electrons. The van der Waals surface area contributed by atoms with Crippen molar-refractivity contribution in [2.75, 3.05) is 6.61 Å². The Morgan fingerprint density at radius 2 is 1.43 bits per heavy atom. The highest BCUT2D eigenvalue weighted by atomic mass is 35.5. The molecule has 3 aliphatic carbocycles. The van der Waals surface area contributed by atoms with Gasteiger partial charge in [-0.1, -0.05) is 92.2 Å². The molecule has 17 heteroatoms. The van der Waals surface area contributed by atoms with Gasteiger partial charge in [-0.15, -0.1) is 0 Å². The van der Waals surface area contributed by atoms with Gasteiger partial charge >= 0.3 is 29.8 Å². The maximum absolute atomic E-state index is 15.9. The molecule has 1 heterocycles. The molecule has 4 aliphatic rings. The van der Waals surface area contributed by atoms with Crippen molar-refractivity contribution in [2.45, 2.75) is 108 Å². The third kappa shape index (κ3) is 8.67. The van der Waals surface area contributed by atoms with E-state index in [1.54, 1.807) is 78.9 Å². The normalized spacial score (nSPS) is 30.4. The highest BCUT2D eigenvalue weighted by Gasteiger charge is 2.79. The van der Waals surface area contributed by atoms with Gasteiger partial charge in [-0.2, -0.15) is 0 Å². The number of ether oxygens (including phenoxy) is 6. The second kappa shape index (κ2) is 18.8. The minimum Gasteiger partial charge on any atom is -0.458 e. The Bertz CT molecular complexity index is 2490. The zero-order valence-corrected chi connectivity index (χ0v) is 38.4. The highest BCUT2D eigenvalue weighted by Crippen LogP contribution is 2.65. The van der Waals surface area contributed by atoms with Gasteiger partial charge < -0.3 is 44.0 Å². The lowest BCUT2D eigenvalue weighted by molar-refractivity contribution is -0.346. The van der Waals surface area contributed by atoms with Gasteiger partial charge in [0.1, 0.15) is 30.0 Å². The number of Topliss-reactive ketones (excluding diaryl/α,β-unsaturated/α-hetero) is 1. The molecule has 2 bridgehead atoms. The first-order valence-corrected chi connectivity index (χ1v) is 22.1. The van der Waals surface area contributed by atoms with E-state index in [0.717, 1.165) is 25.5 Å². The minimum atomic E-state index is -2.47. The number of carbonyl (C=O) groups is 7. The second-order valence-corrected chi connectivity index (χ2v) is 18.3. The number of nitrogens with one attached hydrogen (secondary N) is 1. The largest absolute Gasteiger partial charge is 0.458 e. The van der Waals surface area contributed by atoms with Crippen molar-refractivity contribution >= 4 is 53.1 Å². The van der Waals surface area contributed by atoms with Gasteiger partial charge in [0.2, 0.25) is 0 Å². The SMILES string of the molecule is CC(=O)O[C@H]1C(=O)[C@]2(C)[C@@H](OC(=O)/C=C/Cl)C[C@H]3OC[C@@]3(OC(C)=O)[C@H]2[C@H](OC(=O)c2ccccc2)[C@]2(O)C[C@H](OC(=O)[C@H](O)[C@@H](NC(=O)c3ccccc3)c3ccccc3)C(C)=C1C2(C)C. The van der Waals surface area contributed by atoms with E-state index in [-0.39, 0.29) is 35.3 Å². The smallest absolute Gasteiger partial charge is 0.338 e. The summed E-state index contributed by atoms with van der Waals surface area (Å²) in [6.45, 7) is 7.80. The number of halogens is 1. The third-order valence-corrected chi connectivity index (χ3v) is 14.0. The van der Waals surface area contributed by atoms with Crippen LogP contribution in [0.5, 0.6) is 0 Å². The number of aliphatic hydroxyl groups is 2. The molecule has 1 aliphatic heterocycles. The molecule has 0 aromatic heterocycles. The van der Waals surface area contributed by atoms with Crippen LogP contribution in [-0.2, 0) is 52.4 Å². The van der Waals surface area contributed by atoms with Crippen LogP contribution >= 0.6 is 11.6 Å². The van der Waals surface area contributed by atoms with Gasteiger partial charge in [0.25, 0.3) is 5.91 Å². The van der Waals surface area contributed by atoms with Gasteiger partial charge in [-0.3, -0.25) is 19.2 Å². The summed E-state index contributed by atoms with van der Waals surface area (Å²) in [6.07, 6.45) is -9.96. The fourth-order valence-electron chi connectivity index (χ4n) is 10.6. The Morgan fingerprint density at radius 1 is 0.836 bits per heavy atom. The Hall–Kier alpha value is -6.20. The number of rotatable bonds is 12. The van der Waals surface area contributed by atoms with Crippen molar-refractivity contribution in [3.8, 4) is 0 Å². The Labute approximate surface area is 391 Å². The van der Waals surface area contributed by atoms with Crippen LogP contribution in [0.3, 0.4) is 0 Å². The van der Waals surface area contributed by atoms with Gasteiger partial charge in [-0.25, -0.2) is 14.4 Å². The number of esters is 5. The number of hydrogen-bond acceptors (Lipinski definition) is 15. The van der Waals surface area contributed by atoms with E-state index in [0.29, 0.717) is 5.56 Å². The first-order chi connectivity index (χ1) is 31.7. The van der Waals surface area contributed by atoms with Gasteiger partial charge in [0.05, 0.1) is 29.5 Å². The summed E-state index contributed by atoms with van der Waals surface area (Å²) in [6, 6.07) is 22.7. The molecular formula is C50H52ClNO15. The molecule has 0 spiro atoms. The second-order valence-electron chi connectivity index (χ2n) is 18.1. The van der Waals surface area contributed by atoms with Crippen LogP contribution in [0.2, 0.25) is 0 Å². The standard InChI is InChI=1S/C50H52ClNO15/c1-27-33(64-46(60)39(56)38(30-16-10-7-11-17-30)52-44(58)31-18-12-8-13-19-31)25-50(61)43(66-45(59)32-20-14-9-15-21-32)41-48(6,42(57)40(63-28(2)53)37(27)47(50,4)5)34(65-36(55)22-23-51)24-35-49(41,26-62-35)67-29(3)54/h7-23,33-35,38-41,43,56,61H,24-26H2,1-6H3,(H,52,58)/b23-22+/t33-,34-,35+,38-,39+,40+,41-,43-,48+,49-,50+/m0/s1. The number of ketones is 1. The van der Waals surface area contributed by atoms with Crippen LogP contribution in [-0.4, -0.2) is 106 Å². The van der Waals surface area contributed by atoms with Crippen molar-refractivity contribution in [1.82, 2.24) is 5.32 Å². The fourth-order valence-corrected chi connectivity index (χ4v) is 10.7. The van der Waals surface area contributed by atoms with Gasteiger partial charge in [-0.05, 0) is 54.8 Å². The molecule has 2 saturated carbocycles. The molecular weight excluding hydrogens is 890 g/mol. The molecule has 0 radical (unpaired) electrons. The summed E-state index contributed by atoms with van der Waals surface area (Å²) in [5.41, 5.74) is -6.60. The molecule has 11 atom stereocenters. The molecule has 0 unspecified atom stereocenters. The fraction of sp³-hybridized carbons (Fsp3) is 0.420. The minimum absolute atomic E-state index is 0.0316. The average molecular weight is 942 g/mol. The van der Waals surface area contributed by atoms with Crippen molar-refractivity contribution in [3.63, 3.8) is 0 Å². The maximum atomic E-state index is 15.9.